The molecule has 2 aliphatic rings. The molecule has 0 aliphatic heterocycles. The second kappa shape index (κ2) is 7.35. The Bertz CT molecular complexity index is 990. The summed E-state index contributed by atoms with van der Waals surface area (Å²) in [6.07, 6.45) is 8.70. The van der Waals surface area contributed by atoms with E-state index in [0.717, 1.165) is 6.42 Å². The summed E-state index contributed by atoms with van der Waals surface area (Å²) in [7, 11) is 0. The van der Waals surface area contributed by atoms with Gasteiger partial charge < -0.3 is 16.6 Å². The molecule has 3 heteroatoms. The van der Waals surface area contributed by atoms with Crippen molar-refractivity contribution in [1.82, 2.24) is 0 Å². The number of para-hydroxylation sites is 1. The van der Waals surface area contributed by atoms with Gasteiger partial charge >= 0.3 is 20.4 Å². The van der Waals surface area contributed by atoms with Gasteiger partial charge in [0, 0.05) is 11.8 Å². The molecule has 0 saturated heterocycles. The minimum atomic E-state index is 0. The molecular weight excluding hydrogens is 415 g/mol. The molecular formula is C23H20O2Pd. The predicted octanol–water partition coefficient (Wildman–Crippen LogP) is 5.11. The van der Waals surface area contributed by atoms with Gasteiger partial charge in [0.2, 0.25) is 0 Å². The summed E-state index contributed by atoms with van der Waals surface area (Å²) in [6, 6.07) is 18.0. The van der Waals surface area contributed by atoms with E-state index in [2.05, 4.69) is 42.7 Å². The van der Waals surface area contributed by atoms with Crippen molar-refractivity contribution in [3.63, 3.8) is 0 Å². The van der Waals surface area contributed by atoms with E-state index in [4.69, 9.17) is 4.42 Å². The van der Waals surface area contributed by atoms with E-state index < -0.39 is 0 Å². The molecule has 134 valence electrons. The largest absolute Gasteiger partial charge is 2.00 e. The molecule has 1 heterocycles. The molecule has 3 aromatic rings. The summed E-state index contributed by atoms with van der Waals surface area (Å²) in [6.45, 7) is 0. The Morgan fingerprint density at radius 1 is 0.885 bits per heavy atom. The van der Waals surface area contributed by atoms with Gasteiger partial charge in [-0.3, -0.25) is 0 Å². The van der Waals surface area contributed by atoms with Crippen molar-refractivity contribution in [3.05, 3.63) is 102 Å². The van der Waals surface area contributed by atoms with E-state index in [9.17, 15) is 4.79 Å². The van der Waals surface area contributed by atoms with E-state index in [-0.39, 0.29) is 39.2 Å². The van der Waals surface area contributed by atoms with Crippen molar-refractivity contribution < 1.29 is 24.8 Å². The number of hydrogen-bond donors (Lipinski definition) is 0. The van der Waals surface area contributed by atoms with Gasteiger partial charge in [-0.1, -0.05) is 72.3 Å². The Balaban J connectivity index is 0.000000980. The fourth-order valence-corrected chi connectivity index (χ4v) is 4.61. The molecule has 1 fully saturated rings. The fourth-order valence-electron chi connectivity index (χ4n) is 4.61. The molecule has 0 spiro atoms. The van der Waals surface area contributed by atoms with Crippen molar-refractivity contribution in [3.8, 4) is 0 Å². The maximum Gasteiger partial charge on any atom is 2.00 e. The van der Waals surface area contributed by atoms with Gasteiger partial charge in [0.05, 0.1) is 5.43 Å². The van der Waals surface area contributed by atoms with Crippen LogP contribution in [0.2, 0.25) is 0 Å². The molecule has 2 nitrogen and oxygen atoms in total. The molecule has 2 bridgehead atoms. The first-order chi connectivity index (χ1) is 11.8. The summed E-state index contributed by atoms with van der Waals surface area (Å²) < 4.78 is 5.68. The van der Waals surface area contributed by atoms with Crippen LogP contribution in [0.4, 0.5) is 0 Å². The summed E-state index contributed by atoms with van der Waals surface area (Å²) in [4.78, 5) is 13.1. The molecule has 2 aromatic carbocycles. The molecule has 26 heavy (non-hydrogen) atoms. The van der Waals surface area contributed by atoms with Crippen LogP contribution in [0.5, 0.6) is 0 Å². The van der Waals surface area contributed by atoms with Gasteiger partial charge in [-0.05, 0) is 41.0 Å². The maximum absolute atomic E-state index is 13.1. The van der Waals surface area contributed by atoms with Crippen LogP contribution in [0.15, 0.2) is 76.0 Å². The molecule has 2 aliphatic carbocycles. The second-order valence-electron chi connectivity index (χ2n) is 6.85. The summed E-state index contributed by atoms with van der Waals surface area (Å²) in [5.74, 6) is 1.40. The SMILES string of the molecule is O=c1c(C2C3C=CC(C3)C2c2ccccc2)[c-]oc2ccccc12.[CH3-].[Pd+2]. The number of allylic oxidation sites excluding steroid dienone is 2. The third kappa shape index (κ3) is 2.80. The minimum Gasteiger partial charge on any atom is -0.580 e. The van der Waals surface area contributed by atoms with Crippen LogP contribution >= 0.6 is 0 Å². The summed E-state index contributed by atoms with van der Waals surface area (Å²) in [5.41, 5.74) is 2.70. The normalized spacial score (nSPS) is 25.7. The Kier molecular flexibility index (Phi) is 5.32. The first-order valence-corrected chi connectivity index (χ1v) is 8.49. The first-order valence-electron chi connectivity index (χ1n) is 8.49. The molecule has 0 N–H and O–H groups in total. The third-order valence-corrected chi connectivity index (χ3v) is 5.62. The number of benzene rings is 2. The zero-order valence-electron chi connectivity index (χ0n) is 14.5. The fraction of sp³-hybridized carbons (Fsp3) is 0.217. The van der Waals surface area contributed by atoms with Gasteiger partial charge in [-0.2, -0.15) is 0 Å². The molecule has 0 radical (unpaired) electrons. The van der Waals surface area contributed by atoms with Crippen LogP contribution in [-0.4, -0.2) is 0 Å². The maximum atomic E-state index is 13.1. The zero-order chi connectivity index (χ0) is 16.1. The van der Waals surface area contributed by atoms with E-state index >= 15 is 0 Å². The molecule has 1 saturated carbocycles. The third-order valence-electron chi connectivity index (χ3n) is 5.62. The molecule has 0 amide bonds. The van der Waals surface area contributed by atoms with Crippen molar-refractivity contribution in [2.45, 2.75) is 18.3 Å². The smallest absolute Gasteiger partial charge is 0.580 e. The Labute approximate surface area is 167 Å². The summed E-state index contributed by atoms with van der Waals surface area (Å²) >= 11 is 0. The monoisotopic (exact) mass is 434 g/mol. The van der Waals surface area contributed by atoms with E-state index in [1.807, 2.05) is 30.3 Å². The predicted molar refractivity (Wildman–Crippen MR) is 100 cm³/mol. The Morgan fingerprint density at radius 3 is 2.31 bits per heavy atom. The van der Waals surface area contributed by atoms with Crippen LogP contribution in [0.3, 0.4) is 0 Å². The van der Waals surface area contributed by atoms with Gasteiger partial charge in [-0.15, -0.1) is 0 Å². The standard InChI is InChI=1S/C22H17O2.CH3.Pd/c23-22-17-8-4-5-9-19(17)24-13-18(22)21-16-11-10-15(12-16)20(21)14-6-2-1-3-7-14;;/h1-11,15-16,20-21H,12H2;1H3;/q2*-1;+2. The minimum absolute atomic E-state index is 0. The number of rotatable bonds is 2. The second-order valence-corrected chi connectivity index (χ2v) is 6.85. The molecule has 4 unspecified atom stereocenters. The Hall–Kier alpha value is -1.95. The van der Waals surface area contributed by atoms with E-state index in [1.54, 1.807) is 0 Å². The quantitative estimate of drug-likeness (QED) is 0.318. The molecule has 4 atom stereocenters. The van der Waals surface area contributed by atoms with Gasteiger partial charge in [-0.25, -0.2) is 0 Å². The van der Waals surface area contributed by atoms with Crippen molar-refractivity contribution in [2.24, 2.45) is 11.8 Å². The number of hydrogen-bond acceptors (Lipinski definition) is 2. The number of fused-ring (bicyclic) bond motifs is 3. The van der Waals surface area contributed by atoms with Gasteiger partial charge in [0.1, 0.15) is 0 Å². The molecule has 1 aromatic heterocycles. The van der Waals surface area contributed by atoms with Crippen LogP contribution in [0.25, 0.3) is 11.0 Å². The van der Waals surface area contributed by atoms with Crippen LogP contribution in [0.1, 0.15) is 29.4 Å². The Morgan fingerprint density at radius 2 is 1.54 bits per heavy atom. The van der Waals surface area contributed by atoms with Crippen LogP contribution in [-0.2, 0) is 20.4 Å². The van der Waals surface area contributed by atoms with Crippen molar-refractivity contribution >= 4 is 11.0 Å². The average molecular weight is 435 g/mol. The average Bonchev–Trinajstić information content (AvgIpc) is 3.24. The van der Waals surface area contributed by atoms with Crippen molar-refractivity contribution in [2.75, 3.05) is 0 Å². The van der Waals surface area contributed by atoms with E-state index in [1.165, 1.54) is 5.56 Å². The molecule has 5 rings (SSSR count). The van der Waals surface area contributed by atoms with Crippen molar-refractivity contribution in [1.29, 1.82) is 0 Å². The van der Waals surface area contributed by atoms with Gasteiger partial charge in [0.15, 0.2) is 0 Å². The van der Waals surface area contributed by atoms with Crippen LogP contribution in [0, 0.1) is 25.5 Å². The topological polar surface area (TPSA) is 30.2 Å². The van der Waals surface area contributed by atoms with Gasteiger partial charge in [0.25, 0.3) is 0 Å². The first kappa shape index (κ1) is 18.8. The summed E-state index contributed by atoms with van der Waals surface area (Å²) in [5, 5.41) is 0.657. The van der Waals surface area contributed by atoms with Crippen LogP contribution < -0.4 is 5.43 Å². The zero-order valence-corrected chi connectivity index (χ0v) is 16.1. The van der Waals surface area contributed by atoms with E-state index in [0.29, 0.717) is 34.3 Å².